The van der Waals surface area contributed by atoms with E-state index < -0.39 is 0 Å². The van der Waals surface area contributed by atoms with E-state index in [1.54, 1.807) is 6.92 Å². The fourth-order valence-corrected chi connectivity index (χ4v) is 0.882. The summed E-state index contributed by atoms with van der Waals surface area (Å²) >= 11 is 0. The molecule has 0 rings (SSSR count). The summed E-state index contributed by atoms with van der Waals surface area (Å²) in [6, 6.07) is 0. The molecule has 1 unspecified atom stereocenters. The van der Waals surface area contributed by atoms with E-state index in [0.29, 0.717) is 6.54 Å². The van der Waals surface area contributed by atoms with Crippen LogP contribution in [0.3, 0.4) is 0 Å². The molecule has 0 aliphatic heterocycles. The zero-order valence-electron chi connectivity index (χ0n) is 7.34. The van der Waals surface area contributed by atoms with Crippen molar-refractivity contribution >= 4 is 0 Å². The van der Waals surface area contributed by atoms with E-state index in [2.05, 4.69) is 5.32 Å². The number of nitrogens with two attached hydrogens (primary N) is 1. The molecule has 0 aromatic rings. The number of hydrogen-bond donors (Lipinski definition) is 3. The minimum atomic E-state index is -0.232. The molecule has 0 spiro atoms. The quantitative estimate of drug-likeness (QED) is 0.462. The van der Waals surface area contributed by atoms with Crippen LogP contribution in [-0.4, -0.2) is 30.8 Å². The molecule has 0 saturated heterocycles. The first-order chi connectivity index (χ1) is 5.27. The lowest BCUT2D eigenvalue weighted by Crippen LogP contribution is -2.25. The number of rotatable bonds is 7. The fraction of sp³-hybridized carbons (Fsp3) is 1.00. The maximum atomic E-state index is 8.87. The van der Waals surface area contributed by atoms with Crippen molar-refractivity contribution in [3.8, 4) is 0 Å². The summed E-state index contributed by atoms with van der Waals surface area (Å²) in [4.78, 5) is 0. The van der Waals surface area contributed by atoms with Gasteiger partial charge in [-0.1, -0.05) is 6.42 Å². The van der Waals surface area contributed by atoms with Gasteiger partial charge in [0.2, 0.25) is 0 Å². The number of unbranched alkanes of at least 4 members (excludes halogenated alkanes) is 2. The van der Waals surface area contributed by atoms with E-state index in [4.69, 9.17) is 10.8 Å². The predicted molar refractivity (Wildman–Crippen MR) is 47.5 cm³/mol. The second kappa shape index (κ2) is 7.98. The third-order valence-corrected chi connectivity index (χ3v) is 1.50. The highest BCUT2D eigenvalue weighted by Gasteiger charge is 1.92. The SMILES string of the molecule is CC(O)CNCCCCCN. The van der Waals surface area contributed by atoms with Gasteiger partial charge < -0.3 is 16.2 Å². The summed E-state index contributed by atoms with van der Waals surface area (Å²) in [5, 5.41) is 12.0. The largest absolute Gasteiger partial charge is 0.392 e. The molecule has 4 N–H and O–H groups in total. The highest BCUT2D eigenvalue weighted by molar-refractivity contribution is 4.53. The van der Waals surface area contributed by atoms with Gasteiger partial charge in [-0.15, -0.1) is 0 Å². The number of hydrogen-bond acceptors (Lipinski definition) is 3. The van der Waals surface area contributed by atoms with E-state index in [1.807, 2.05) is 0 Å². The maximum Gasteiger partial charge on any atom is 0.0636 e. The molecule has 3 heteroatoms. The lowest BCUT2D eigenvalue weighted by atomic mass is 10.2. The highest BCUT2D eigenvalue weighted by atomic mass is 16.3. The smallest absolute Gasteiger partial charge is 0.0636 e. The summed E-state index contributed by atoms with van der Waals surface area (Å²) in [7, 11) is 0. The molecule has 11 heavy (non-hydrogen) atoms. The third-order valence-electron chi connectivity index (χ3n) is 1.50. The van der Waals surface area contributed by atoms with Gasteiger partial charge in [0, 0.05) is 6.54 Å². The molecule has 0 radical (unpaired) electrons. The van der Waals surface area contributed by atoms with E-state index in [1.165, 1.54) is 6.42 Å². The van der Waals surface area contributed by atoms with E-state index in [-0.39, 0.29) is 6.10 Å². The zero-order valence-corrected chi connectivity index (χ0v) is 7.34. The van der Waals surface area contributed by atoms with Gasteiger partial charge in [0.05, 0.1) is 6.10 Å². The average molecular weight is 160 g/mol. The van der Waals surface area contributed by atoms with Crippen molar-refractivity contribution in [3.63, 3.8) is 0 Å². The van der Waals surface area contributed by atoms with Crippen LogP contribution >= 0.6 is 0 Å². The Labute approximate surface area is 69.0 Å². The van der Waals surface area contributed by atoms with Gasteiger partial charge in [0.1, 0.15) is 0 Å². The van der Waals surface area contributed by atoms with Crippen LogP contribution in [-0.2, 0) is 0 Å². The zero-order chi connectivity index (χ0) is 8.53. The van der Waals surface area contributed by atoms with Crippen LogP contribution in [0.15, 0.2) is 0 Å². The van der Waals surface area contributed by atoms with Crippen LogP contribution in [0.2, 0.25) is 0 Å². The average Bonchev–Trinajstić information content (AvgIpc) is 1.96. The Kier molecular flexibility index (Phi) is 7.89. The van der Waals surface area contributed by atoms with Crippen molar-refractivity contribution in [3.05, 3.63) is 0 Å². The van der Waals surface area contributed by atoms with Crippen molar-refractivity contribution < 1.29 is 5.11 Å². The summed E-state index contributed by atoms with van der Waals surface area (Å²) < 4.78 is 0. The van der Waals surface area contributed by atoms with Crippen molar-refractivity contribution in [2.45, 2.75) is 32.3 Å². The molecule has 0 fully saturated rings. The van der Waals surface area contributed by atoms with E-state index in [0.717, 1.165) is 25.9 Å². The second-order valence-corrected chi connectivity index (χ2v) is 2.90. The van der Waals surface area contributed by atoms with Gasteiger partial charge in [-0.25, -0.2) is 0 Å². The Balaban J connectivity index is 2.80. The van der Waals surface area contributed by atoms with Gasteiger partial charge >= 0.3 is 0 Å². The molecule has 0 aliphatic carbocycles. The van der Waals surface area contributed by atoms with Crippen molar-refractivity contribution in [2.75, 3.05) is 19.6 Å². The van der Waals surface area contributed by atoms with E-state index >= 15 is 0 Å². The molecule has 0 aromatic carbocycles. The van der Waals surface area contributed by atoms with Gasteiger partial charge in [0.25, 0.3) is 0 Å². The molecule has 0 aromatic heterocycles. The van der Waals surface area contributed by atoms with Gasteiger partial charge in [-0.3, -0.25) is 0 Å². The van der Waals surface area contributed by atoms with Crippen LogP contribution in [0.25, 0.3) is 0 Å². The standard InChI is InChI=1S/C8H20N2O/c1-8(11)7-10-6-4-2-3-5-9/h8,10-11H,2-7,9H2,1H3. The predicted octanol–water partition coefficient (Wildman–Crippen LogP) is 0.0858. The molecule has 0 saturated carbocycles. The Bertz CT molecular complexity index is 76.5. The number of aliphatic hydroxyl groups is 1. The number of nitrogens with one attached hydrogen (secondary N) is 1. The summed E-state index contributed by atoms with van der Waals surface area (Å²) in [5.41, 5.74) is 5.33. The number of aliphatic hydroxyl groups excluding tert-OH is 1. The maximum absolute atomic E-state index is 8.87. The van der Waals surface area contributed by atoms with Crippen molar-refractivity contribution in [2.24, 2.45) is 5.73 Å². The van der Waals surface area contributed by atoms with Gasteiger partial charge in [-0.2, -0.15) is 0 Å². The molecule has 0 aliphatic rings. The molecular formula is C8H20N2O. The Morgan fingerprint density at radius 1 is 1.36 bits per heavy atom. The Hall–Kier alpha value is -0.120. The molecule has 68 valence electrons. The molecular weight excluding hydrogens is 140 g/mol. The first-order valence-corrected chi connectivity index (χ1v) is 4.36. The summed E-state index contributed by atoms with van der Waals surface area (Å²) in [5.74, 6) is 0. The highest BCUT2D eigenvalue weighted by Crippen LogP contribution is 1.90. The van der Waals surface area contributed by atoms with Crippen molar-refractivity contribution in [1.82, 2.24) is 5.32 Å². The normalized spacial score (nSPS) is 13.4. The molecule has 1 atom stereocenters. The van der Waals surface area contributed by atoms with Gasteiger partial charge in [-0.05, 0) is 32.9 Å². The topological polar surface area (TPSA) is 58.3 Å². The Morgan fingerprint density at radius 3 is 2.64 bits per heavy atom. The van der Waals surface area contributed by atoms with Gasteiger partial charge in [0.15, 0.2) is 0 Å². The summed E-state index contributed by atoms with van der Waals surface area (Å²) in [6.07, 6.45) is 3.22. The first-order valence-electron chi connectivity index (χ1n) is 4.36. The first kappa shape index (κ1) is 10.9. The summed E-state index contributed by atoms with van der Waals surface area (Å²) in [6.45, 7) is 4.26. The van der Waals surface area contributed by atoms with Crippen LogP contribution in [0.4, 0.5) is 0 Å². The molecule has 3 nitrogen and oxygen atoms in total. The fourth-order valence-electron chi connectivity index (χ4n) is 0.882. The van der Waals surface area contributed by atoms with Crippen LogP contribution in [0.5, 0.6) is 0 Å². The van der Waals surface area contributed by atoms with Crippen LogP contribution in [0, 0.1) is 0 Å². The monoisotopic (exact) mass is 160 g/mol. The minimum Gasteiger partial charge on any atom is -0.392 e. The van der Waals surface area contributed by atoms with E-state index in [9.17, 15) is 0 Å². The molecule has 0 heterocycles. The van der Waals surface area contributed by atoms with Crippen LogP contribution in [0.1, 0.15) is 26.2 Å². The Morgan fingerprint density at radius 2 is 2.09 bits per heavy atom. The molecule has 0 bridgehead atoms. The lowest BCUT2D eigenvalue weighted by molar-refractivity contribution is 0.191. The van der Waals surface area contributed by atoms with Crippen molar-refractivity contribution in [1.29, 1.82) is 0 Å². The third kappa shape index (κ3) is 9.88. The second-order valence-electron chi connectivity index (χ2n) is 2.90. The lowest BCUT2D eigenvalue weighted by Gasteiger charge is -2.05. The minimum absolute atomic E-state index is 0.232. The molecule has 0 amide bonds. The van der Waals surface area contributed by atoms with Crippen LogP contribution < -0.4 is 11.1 Å².